The summed E-state index contributed by atoms with van der Waals surface area (Å²) in [7, 11) is 3.41. The van der Waals surface area contributed by atoms with Crippen molar-refractivity contribution in [1.29, 1.82) is 0 Å². The van der Waals surface area contributed by atoms with Crippen LogP contribution in [0.3, 0.4) is 0 Å². The van der Waals surface area contributed by atoms with E-state index < -0.39 is 0 Å². The number of rotatable bonds is 8. The minimum absolute atomic E-state index is 0. The molecule has 2 N–H and O–H groups in total. The lowest BCUT2D eigenvalue weighted by molar-refractivity contribution is 0.310. The van der Waals surface area contributed by atoms with Crippen LogP contribution in [0.4, 0.5) is 0 Å². The van der Waals surface area contributed by atoms with Crippen LogP contribution in [-0.4, -0.2) is 36.5 Å². The van der Waals surface area contributed by atoms with Gasteiger partial charge in [0.15, 0.2) is 17.5 Å². The van der Waals surface area contributed by atoms with Crippen LogP contribution >= 0.6 is 24.0 Å². The molecule has 3 aromatic rings. The van der Waals surface area contributed by atoms with E-state index in [1.165, 1.54) is 0 Å². The standard InChI is InChI=1S/C23H29N5O2.HI/c1-5-30-22-14-18(10-11-21(22)29-4)16-25-23(24-3)27-17(2)19-8-6-9-20(15-19)28-13-7-12-26-28;/h6-15,17H,5,16H2,1-4H3,(H2,24,25,27);1H. The predicted molar refractivity (Wildman–Crippen MR) is 135 cm³/mol. The summed E-state index contributed by atoms with van der Waals surface area (Å²) < 4.78 is 12.9. The maximum absolute atomic E-state index is 5.66. The van der Waals surface area contributed by atoms with Gasteiger partial charge in [-0.1, -0.05) is 18.2 Å². The summed E-state index contributed by atoms with van der Waals surface area (Å²) in [5, 5.41) is 11.1. The molecule has 1 unspecified atom stereocenters. The molecule has 0 amide bonds. The van der Waals surface area contributed by atoms with Crippen LogP contribution in [0.15, 0.2) is 65.9 Å². The number of aromatic nitrogens is 2. The normalized spacial score (nSPS) is 11.9. The molecule has 0 aliphatic carbocycles. The molecule has 1 aromatic heterocycles. The fraction of sp³-hybridized carbons (Fsp3) is 0.304. The Morgan fingerprint density at radius 2 is 2.00 bits per heavy atom. The van der Waals surface area contributed by atoms with Crippen molar-refractivity contribution in [3.05, 3.63) is 72.1 Å². The number of hydrogen-bond acceptors (Lipinski definition) is 4. The number of aliphatic imine (C=N–C) groups is 1. The van der Waals surface area contributed by atoms with Gasteiger partial charge in [0.2, 0.25) is 0 Å². The van der Waals surface area contributed by atoms with E-state index in [0.29, 0.717) is 13.2 Å². The molecule has 1 heterocycles. The molecule has 2 aromatic carbocycles. The van der Waals surface area contributed by atoms with Gasteiger partial charge in [-0.15, -0.1) is 24.0 Å². The second kappa shape index (κ2) is 12.2. The van der Waals surface area contributed by atoms with Gasteiger partial charge in [-0.2, -0.15) is 5.10 Å². The summed E-state index contributed by atoms with van der Waals surface area (Å²) in [6.45, 7) is 5.27. The molecule has 31 heavy (non-hydrogen) atoms. The molecule has 8 heteroatoms. The Hall–Kier alpha value is -2.75. The lowest BCUT2D eigenvalue weighted by Gasteiger charge is -2.19. The first kappa shape index (κ1) is 24.5. The third-order valence-electron chi connectivity index (χ3n) is 4.70. The number of nitrogens with zero attached hydrogens (tertiary/aromatic N) is 3. The summed E-state index contributed by atoms with van der Waals surface area (Å²) in [4.78, 5) is 4.35. The van der Waals surface area contributed by atoms with Gasteiger partial charge in [0.1, 0.15) is 0 Å². The average molecular weight is 535 g/mol. The van der Waals surface area contributed by atoms with E-state index in [1.807, 2.05) is 54.2 Å². The Labute approximate surface area is 200 Å². The maximum Gasteiger partial charge on any atom is 0.191 e. The van der Waals surface area contributed by atoms with E-state index in [2.05, 4.69) is 39.8 Å². The van der Waals surface area contributed by atoms with Crippen LogP contribution in [0.25, 0.3) is 5.69 Å². The molecule has 7 nitrogen and oxygen atoms in total. The van der Waals surface area contributed by atoms with Crippen molar-refractivity contribution in [2.45, 2.75) is 26.4 Å². The molecule has 0 radical (unpaired) electrons. The molecule has 0 saturated heterocycles. The Balaban J connectivity index is 0.00000341. The first-order chi connectivity index (χ1) is 14.6. The van der Waals surface area contributed by atoms with Gasteiger partial charge in [0, 0.05) is 26.0 Å². The highest BCUT2D eigenvalue weighted by Crippen LogP contribution is 2.28. The quantitative estimate of drug-likeness (QED) is 0.256. The highest BCUT2D eigenvalue weighted by Gasteiger charge is 2.10. The summed E-state index contributed by atoms with van der Waals surface area (Å²) in [5.74, 6) is 2.20. The van der Waals surface area contributed by atoms with Gasteiger partial charge >= 0.3 is 0 Å². The predicted octanol–water partition coefficient (Wildman–Crippen LogP) is 4.32. The van der Waals surface area contributed by atoms with E-state index in [9.17, 15) is 0 Å². The SMILES string of the molecule is CCOc1cc(CNC(=NC)NC(C)c2cccc(-n3cccn3)c2)ccc1OC.I. The number of nitrogens with one attached hydrogen (secondary N) is 2. The molecule has 0 aliphatic heterocycles. The van der Waals surface area contributed by atoms with Gasteiger partial charge in [0.25, 0.3) is 0 Å². The Morgan fingerprint density at radius 1 is 1.16 bits per heavy atom. The monoisotopic (exact) mass is 535 g/mol. The lowest BCUT2D eigenvalue weighted by Crippen LogP contribution is -2.38. The Kier molecular flexibility index (Phi) is 9.64. The van der Waals surface area contributed by atoms with E-state index in [-0.39, 0.29) is 30.0 Å². The number of ether oxygens (including phenoxy) is 2. The molecule has 3 rings (SSSR count). The minimum atomic E-state index is 0. The number of methoxy groups -OCH3 is 1. The van der Waals surface area contributed by atoms with E-state index in [4.69, 9.17) is 9.47 Å². The second-order valence-corrected chi connectivity index (χ2v) is 6.76. The molecule has 166 valence electrons. The van der Waals surface area contributed by atoms with E-state index in [1.54, 1.807) is 20.4 Å². The minimum Gasteiger partial charge on any atom is -0.493 e. The van der Waals surface area contributed by atoms with Gasteiger partial charge < -0.3 is 20.1 Å². The summed E-state index contributed by atoms with van der Waals surface area (Å²) in [6, 6.07) is 16.2. The van der Waals surface area contributed by atoms with Crippen LogP contribution in [0.1, 0.15) is 31.0 Å². The van der Waals surface area contributed by atoms with Crippen molar-refractivity contribution in [3.63, 3.8) is 0 Å². The van der Waals surface area contributed by atoms with E-state index >= 15 is 0 Å². The summed E-state index contributed by atoms with van der Waals surface area (Å²) >= 11 is 0. The van der Waals surface area contributed by atoms with Crippen molar-refractivity contribution in [3.8, 4) is 17.2 Å². The smallest absolute Gasteiger partial charge is 0.191 e. The van der Waals surface area contributed by atoms with Crippen molar-refractivity contribution in [2.24, 2.45) is 4.99 Å². The second-order valence-electron chi connectivity index (χ2n) is 6.76. The number of benzene rings is 2. The molecule has 1 atom stereocenters. The highest BCUT2D eigenvalue weighted by molar-refractivity contribution is 14.0. The van der Waals surface area contributed by atoms with Crippen LogP contribution in [0.5, 0.6) is 11.5 Å². The molecule has 0 aliphatic rings. The molecular formula is C23H30IN5O2. The zero-order valence-corrected chi connectivity index (χ0v) is 20.7. The highest BCUT2D eigenvalue weighted by atomic mass is 127. The van der Waals surface area contributed by atoms with Crippen LogP contribution in [0, 0.1) is 0 Å². The van der Waals surface area contributed by atoms with Crippen LogP contribution in [0.2, 0.25) is 0 Å². The zero-order valence-electron chi connectivity index (χ0n) is 18.3. The topological polar surface area (TPSA) is 72.7 Å². The zero-order chi connectivity index (χ0) is 21.3. The van der Waals surface area contributed by atoms with Crippen molar-refractivity contribution < 1.29 is 9.47 Å². The molecule has 0 spiro atoms. The van der Waals surface area contributed by atoms with Gasteiger partial charge in [0.05, 0.1) is 25.4 Å². The number of guanidine groups is 1. The maximum atomic E-state index is 5.66. The van der Waals surface area contributed by atoms with Gasteiger partial charge in [-0.3, -0.25) is 4.99 Å². The average Bonchev–Trinajstić information content (AvgIpc) is 3.32. The number of halogens is 1. The molecule has 0 saturated carbocycles. The molecule has 0 fully saturated rings. The number of hydrogen-bond donors (Lipinski definition) is 2. The Morgan fingerprint density at radius 3 is 2.68 bits per heavy atom. The van der Waals surface area contributed by atoms with E-state index in [0.717, 1.165) is 34.3 Å². The summed E-state index contributed by atoms with van der Waals surface area (Å²) in [5.41, 5.74) is 3.25. The van der Waals surface area contributed by atoms with Crippen molar-refractivity contribution in [2.75, 3.05) is 20.8 Å². The van der Waals surface area contributed by atoms with Crippen LogP contribution < -0.4 is 20.1 Å². The Bertz CT molecular complexity index is 976. The third-order valence-corrected chi connectivity index (χ3v) is 4.70. The van der Waals surface area contributed by atoms with Crippen molar-refractivity contribution >= 4 is 29.9 Å². The first-order valence-electron chi connectivity index (χ1n) is 10.0. The van der Waals surface area contributed by atoms with Gasteiger partial charge in [-0.05, 0) is 55.3 Å². The lowest BCUT2D eigenvalue weighted by atomic mass is 10.1. The molecular weight excluding hydrogens is 505 g/mol. The fourth-order valence-corrected chi connectivity index (χ4v) is 3.13. The van der Waals surface area contributed by atoms with Gasteiger partial charge in [-0.25, -0.2) is 4.68 Å². The van der Waals surface area contributed by atoms with Crippen molar-refractivity contribution in [1.82, 2.24) is 20.4 Å². The fourth-order valence-electron chi connectivity index (χ4n) is 3.13. The molecule has 0 bridgehead atoms. The summed E-state index contributed by atoms with van der Waals surface area (Å²) in [6.07, 6.45) is 3.71. The largest absolute Gasteiger partial charge is 0.493 e. The van der Waals surface area contributed by atoms with Crippen LogP contribution in [-0.2, 0) is 6.54 Å². The third kappa shape index (κ3) is 6.61. The first-order valence-corrected chi connectivity index (χ1v) is 10.0.